The first kappa shape index (κ1) is 18.6. The van der Waals surface area contributed by atoms with Gasteiger partial charge in [-0.25, -0.2) is 4.57 Å². The number of benzene rings is 3. The maximum atomic E-state index is 14.7. The molecule has 0 aliphatic heterocycles. The summed E-state index contributed by atoms with van der Waals surface area (Å²) >= 11 is 0. The van der Waals surface area contributed by atoms with Crippen LogP contribution in [0.4, 0.5) is 26.3 Å². The average molecular weight is 519 g/mol. The van der Waals surface area contributed by atoms with Crippen LogP contribution in [0.5, 0.6) is 0 Å². The molecule has 1 heterocycles. The van der Waals surface area contributed by atoms with Crippen molar-refractivity contribution in [1.82, 2.24) is 0 Å². The van der Waals surface area contributed by atoms with Crippen molar-refractivity contribution in [3.63, 3.8) is 0 Å². The molecule has 37 heavy (non-hydrogen) atoms. The molecule has 0 N–H and O–H groups in total. The van der Waals surface area contributed by atoms with Crippen LogP contribution in [-0.4, -0.2) is 12.4 Å². The van der Waals surface area contributed by atoms with Crippen molar-refractivity contribution in [1.29, 1.82) is 0 Å². The van der Waals surface area contributed by atoms with E-state index in [0.29, 0.717) is 16.8 Å². The second-order valence-corrected chi connectivity index (χ2v) is 9.18. The molecule has 190 valence electrons. The molecule has 5 rings (SSSR count). The summed E-state index contributed by atoms with van der Waals surface area (Å²) < 4.78 is 137. The maximum absolute atomic E-state index is 14.7. The second kappa shape index (κ2) is 8.20. The van der Waals surface area contributed by atoms with E-state index in [1.54, 1.807) is 14.0 Å². The van der Waals surface area contributed by atoms with Crippen molar-refractivity contribution >= 4 is 0 Å². The lowest BCUT2D eigenvalue weighted by Gasteiger charge is -2.36. The fraction of sp³-hybridized carbons (Fsp3) is 0.233. The number of nitrogens with zero attached hydrogens (tertiary/aromatic N) is 1. The first-order chi connectivity index (χ1) is 19.7. The minimum Gasteiger partial charge on any atom is -0.201 e. The molecule has 0 fully saturated rings. The van der Waals surface area contributed by atoms with Crippen molar-refractivity contribution in [2.24, 2.45) is 7.05 Å². The minimum atomic E-state index is -5.77. The van der Waals surface area contributed by atoms with Gasteiger partial charge in [-0.05, 0) is 83.3 Å². The Morgan fingerprint density at radius 2 is 1.41 bits per heavy atom. The topological polar surface area (TPSA) is 3.88 Å². The molecule has 0 radical (unpaired) electrons. The number of halogens is 6. The van der Waals surface area contributed by atoms with E-state index >= 15 is 0 Å². The van der Waals surface area contributed by atoms with Gasteiger partial charge in [0, 0.05) is 25.4 Å². The highest BCUT2D eigenvalue weighted by Crippen LogP contribution is 2.63. The zero-order valence-electron chi connectivity index (χ0n) is 25.6. The van der Waals surface area contributed by atoms with E-state index in [2.05, 4.69) is 0 Å². The maximum Gasteiger partial charge on any atom is 0.411 e. The van der Waals surface area contributed by atoms with Gasteiger partial charge in [0.05, 0.1) is 0 Å². The molecule has 7 heteroatoms. The number of hydrogen-bond donors (Lipinski definition) is 0. The van der Waals surface area contributed by atoms with Gasteiger partial charge in [0.1, 0.15) is 7.05 Å². The SMILES string of the molecule is [2H]C([2H])([2H])c1ccc(-c2cc(-c3ccc4c(c3)C(C(F)(F)F)(C(F)(F)F)c3ccccc3-4)c(C([2H])([2H])[2H])cc2C)[n+](C)c1. The number of aryl methyl sites for hydroxylation is 4. The van der Waals surface area contributed by atoms with E-state index in [4.69, 9.17) is 8.22 Å². The molecule has 3 aromatic carbocycles. The third-order valence-corrected chi connectivity index (χ3v) is 6.98. The Bertz CT molecular complexity index is 1740. The fourth-order valence-electron chi connectivity index (χ4n) is 5.33. The summed E-state index contributed by atoms with van der Waals surface area (Å²) in [4.78, 5) is 0. The van der Waals surface area contributed by atoms with E-state index in [0.717, 1.165) is 24.3 Å². The quantitative estimate of drug-likeness (QED) is 0.186. The van der Waals surface area contributed by atoms with E-state index in [1.807, 2.05) is 0 Å². The molecule has 0 bridgehead atoms. The van der Waals surface area contributed by atoms with Crippen molar-refractivity contribution < 1.29 is 39.1 Å². The Kier molecular flexibility index (Phi) is 4.12. The predicted molar refractivity (Wildman–Crippen MR) is 131 cm³/mol. The Labute approximate surface area is 219 Å². The lowest BCUT2D eigenvalue weighted by Crippen LogP contribution is -2.53. The van der Waals surface area contributed by atoms with Gasteiger partial charge < -0.3 is 0 Å². The van der Waals surface area contributed by atoms with E-state index in [-0.39, 0.29) is 33.4 Å². The smallest absolute Gasteiger partial charge is 0.201 e. The molecule has 4 aromatic rings. The van der Waals surface area contributed by atoms with Crippen LogP contribution in [0.15, 0.2) is 72.9 Å². The van der Waals surface area contributed by atoms with Gasteiger partial charge in [-0.1, -0.05) is 42.5 Å². The first-order valence-corrected chi connectivity index (χ1v) is 11.2. The van der Waals surface area contributed by atoms with Crippen molar-refractivity contribution in [3.8, 4) is 33.5 Å². The Hall–Kier alpha value is -3.61. The largest absolute Gasteiger partial charge is 0.411 e. The number of hydrogen-bond acceptors (Lipinski definition) is 0. The first-order valence-electron chi connectivity index (χ1n) is 14.2. The Morgan fingerprint density at radius 1 is 0.703 bits per heavy atom. The monoisotopic (exact) mass is 518 g/mol. The van der Waals surface area contributed by atoms with Gasteiger partial charge in [-0.3, -0.25) is 0 Å². The number of alkyl halides is 6. The van der Waals surface area contributed by atoms with Crippen LogP contribution in [0.3, 0.4) is 0 Å². The number of fused-ring (bicyclic) bond motifs is 3. The fourth-order valence-corrected chi connectivity index (χ4v) is 5.33. The van der Waals surface area contributed by atoms with Gasteiger partial charge in [0.2, 0.25) is 11.1 Å². The highest BCUT2D eigenvalue weighted by Gasteiger charge is 2.75. The number of aromatic nitrogens is 1. The standard InChI is InChI=1S/C30H24F6N/c1-17-9-12-27(37(4)16-17)24-15-23(18(2)13-19(24)3)20-10-11-22-21-7-5-6-8-25(21)28(26(22)14-20,29(31,32)33)30(34,35)36/h5-16H,1-4H3/q+1/i1D3,2D3. The van der Waals surface area contributed by atoms with Crippen LogP contribution < -0.4 is 4.57 Å². The molecule has 1 nitrogen and oxygen atoms in total. The van der Waals surface area contributed by atoms with Crippen molar-refractivity contribution in [2.75, 3.05) is 0 Å². The third-order valence-electron chi connectivity index (χ3n) is 6.98. The second-order valence-electron chi connectivity index (χ2n) is 9.18. The zero-order chi connectivity index (χ0) is 31.9. The van der Waals surface area contributed by atoms with Gasteiger partial charge in [-0.15, -0.1) is 0 Å². The summed E-state index contributed by atoms with van der Waals surface area (Å²) in [7, 11) is 1.58. The van der Waals surface area contributed by atoms with Gasteiger partial charge in [-0.2, -0.15) is 26.3 Å². The minimum absolute atomic E-state index is 0.0459. The van der Waals surface area contributed by atoms with Crippen molar-refractivity contribution in [2.45, 2.75) is 38.4 Å². The molecule has 0 saturated heterocycles. The summed E-state index contributed by atoms with van der Waals surface area (Å²) in [6, 6.07) is 13.4. The summed E-state index contributed by atoms with van der Waals surface area (Å²) in [5.74, 6) is 0. The molecule has 0 amide bonds. The summed E-state index contributed by atoms with van der Waals surface area (Å²) in [6.07, 6.45) is -10.2. The van der Waals surface area contributed by atoms with E-state index in [1.165, 1.54) is 53.2 Å². The molecule has 0 atom stereocenters. The van der Waals surface area contributed by atoms with Crippen LogP contribution in [0.2, 0.25) is 0 Å². The molecule has 1 aliphatic rings. The lowest BCUT2D eigenvalue weighted by molar-refractivity contribution is -0.660. The normalized spacial score (nSPS) is 17.5. The Balaban J connectivity index is 1.82. The van der Waals surface area contributed by atoms with Crippen molar-refractivity contribution in [3.05, 3.63) is 101 Å². The summed E-state index contributed by atoms with van der Waals surface area (Å²) in [5, 5.41) is 0. The number of pyridine rings is 1. The van der Waals surface area contributed by atoms with E-state index < -0.39 is 42.6 Å². The van der Waals surface area contributed by atoms with Crippen LogP contribution >= 0.6 is 0 Å². The molecule has 1 aromatic heterocycles. The molecular formula is C30H24F6N+. The predicted octanol–water partition coefficient (Wildman–Crippen LogP) is 8.16. The molecule has 0 saturated carbocycles. The molecular weight excluding hydrogens is 488 g/mol. The highest BCUT2D eigenvalue weighted by molar-refractivity contribution is 5.86. The zero-order valence-corrected chi connectivity index (χ0v) is 19.6. The van der Waals surface area contributed by atoms with Gasteiger partial charge >= 0.3 is 12.4 Å². The van der Waals surface area contributed by atoms with Crippen LogP contribution in [0, 0.1) is 20.6 Å². The third kappa shape index (κ3) is 3.58. The van der Waals surface area contributed by atoms with E-state index in [9.17, 15) is 26.3 Å². The highest BCUT2D eigenvalue weighted by atomic mass is 19.4. The van der Waals surface area contributed by atoms with Gasteiger partial charge in [0.25, 0.3) is 0 Å². The average Bonchev–Trinajstić information content (AvgIpc) is 3.18. The Morgan fingerprint density at radius 3 is 2.05 bits per heavy atom. The molecule has 0 spiro atoms. The number of rotatable bonds is 2. The van der Waals surface area contributed by atoms with Crippen LogP contribution in [0.25, 0.3) is 33.5 Å². The molecule has 1 aliphatic carbocycles. The van der Waals surface area contributed by atoms with Crippen LogP contribution in [0.1, 0.15) is 36.0 Å². The molecule has 0 unspecified atom stereocenters. The van der Waals surface area contributed by atoms with Crippen LogP contribution in [-0.2, 0) is 12.5 Å². The summed E-state index contributed by atoms with van der Waals surface area (Å²) in [6.45, 7) is -3.55. The summed E-state index contributed by atoms with van der Waals surface area (Å²) in [5.41, 5.74) is -5.84. The lowest BCUT2D eigenvalue weighted by atomic mass is 9.76. The van der Waals surface area contributed by atoms with Gasteiger partial charge in [0.15, 0.2) is 6.20 Å².